The SMILES string of the molecule is Cc1cccc(-n2nc(C(C)C)c3c(N4CCC(CF)CC4)cc(C(=O)O)nc32)c1. The third-order valence-corrected chi connectivity index (χ3v) is 5.83. The van der Waals surface area contributed by atoms with Crippen LogP contribution in [0.2, 0.25) is 0 Å². The Labute approximate surface area is 175 Å². The second kappa shape index (κ2) is 8.05. The van der Waals surface area contributed by atoms with Gasteiger partial charge in [-0.05, 0) is 55.4 Å². The first-order chi connectivity index (χ1) is 14.4. The number of carbonyl (C=O) groups is 1. The number of benzene rings is 1. The molecule has 0 unspecified atom stereocenters. The van der Waals surface area contributed by atoms with Gasteiger partial charge in [0.15, 0.2) is 11.3 Å². The van der Waals surface area contributed by atoms with Crippen molar-refractivity contribution in [2.45, 2.75) is 39.5 Å². The molecule has 1 saturated heterocycles. The van der Waals surface area contributed by atoms with Crippen molar-refractivity contribution in [1.29, 1.82) is 0 Å². The highest BCUT2D eigenvalue weighted by Crippen LogP contribution is 2.36. The average molecular weight is 410 g/mol. The summed E-state index contributed by atoms with van der Waals surface area (Å²) in [7, 11) is 0. The van der Waals surface area contributed by atoms with E-state index in [0.29, 0.717) is 18.7 Å². The van der Waals surface area contributed by atoms with Crippen LogP contribution in [0.25, 0.3) is 16.7 Å². The second-order valence-corrected chi connectivity index (χ2v) is 8.41. The summed E-state index contributed by atoms with van der Waals surface area (Å²) in [5.41, 5.74) is 4.20. The fourth-order valence-corrected chi connectivity index (χ4v) is 4.15. The molecule has 0 amide bonds. The number of rotatable bonds is 5. The van der Waals surface area contributed by atoms with Crippen molar-refractivity contribution < 1.29 is 14.3 Å². The molecule has 3 aromatic rings. The maximum atomic E-state index is 13.1. The number of aromatic nitrogens is 3. The van der Waals surface area contributed by atoms with Crippen LogP contribution in [0.3, 0.4) is 0 Å². The summed E-state index contributed by atoms with van der Waals surface area (Å²) >= 11 is 0. The molecule has 2 aromatic heterocycles. The number of aryl methyl sites for hydroxylation is 1. The molecule has 0 radical (unpaired) electrons. The van der Waals surface area contributed by atoms with Crippen LogP contribution in [0.15, 0.2) is 30.3 Å². The summed E-state index contributed by atoms with van der Waals surface area (Å²) in [6.45, 7) is 7.25. The molecule has 1 aliphatic heterocycles. The van der Waals surface area contributed by atoms with E-state index < -0.39 is 5.97 Å². The Morgan fingerprint density at radius 3 is 2.60 bits per heavy atom. The highest BCUT2D eigenvalue weighted by Gasteiger charge is 2.27. The van der Waals surface area contributed by atoms with Crippen LogP contribution in [0.4, 0.5) is 10.1 Å². The molecule has 0 spiro atoms. The molecular weight excluding hydrogens is 383 g/mol. The zero-order chi connectivity index (χ0) is 21.4. The van der Waals surface area contributed by atoms with Crippen molar-refractivity contribution >= 4 is 22.7 Å². The minimum Gasteiger partial charge on any atom is -0.477 e. The van der Waals surface area contributed by atoms with Crippen molar-refractivity contribution in [3.8, 4) is 5.69 Å². The van der Waals surface area contributed by atoms with E-state index in [2.05, 4.69) is 23.7 Å². The van der Waals surface area contributed by atoms with E-state index in [4.69, 9.17) is 5.10 Å². The molecule has 0 bridgehead atoms. The Bertz CT molecular complexity index is 1080. The van der Waals surface area contributed by atoms with Gasteiger partial charge in [-0.3, -0.25) is 4.39 Å². The highest BCUT2D eigenvalue weighted by atomic mass is 19.1. The highest BCUT2D eigenvalue weighted by molar-refractivity contribution is 5.98. The topological polar surface area (TPSA) is 71.2 Å². The fourth-order valence-electron chi connectivity index (χ4n) is 4.15. The predicted molar refractivity (Wildman–Crippen MR) is 116 cm³/mol. The van der Waals surface area contributed by atoms with Gasteiger partial charge in [0.1, 0.15) is 0 Å². The van der Waals surface area contributed by atoms with Crippen LogP contribution in [-0.4, -0.2) is 45.6 Å². The normalized spacial score (nSPS) is 15.3. The number of carboxylic acid groups (broad SMARTS) is 1. The summed E-state index contributed by atoms with van der Waals surface area (Å²) < 4.78 is 14.9. The average Bonchev–Trinajstić information content (AvgIpc) is 3.13. The standard InChI is InChI=1S/C23H27FN4O2/c1-14(2)21-20-19(27-9-7-16(13-24)8-10-27)12-18(23(29)30)25-22(20)28(26-21)17-6-4-5-15(3)11-17/h4-6,11-12,14,16H,7-10,13H2,1-3H3,(H,29,30). The van der Waals surface area contributed by atoms with Gasteiger partial charge < -0.3 is 10.0 Å². The monoisotopic (exact) mass is 410 g/mol. The van der Waals surface area contributed by atoms with Gasteiger partial charge in [-0.25, -0.2) is 14.5 Å². The lowest BCUT2D eigenvalue weighted by Crippen LogP contribution is -2.34. The molecule has 0 aliphatic carbocycles. The third kappa shape index (κ3) is 3.64. The van der Waals surface area contributed by atoms with E-state index in [0.717, 1.165) is 40.9 Å². The second-order valence-electron chi connectivity index (χ2n) is 8.41. The van der Waals surface area contributed by atoms with Gasteiger partial charge in [0.05, 0.1) is 29.1 Å². The Morgan fingerprint density at radius 1 is 1.27 bits per heavy atom. The number of aromatic carboxylic acids is 1. The van der Waals surface area contributed by atoms with Crippen molar-refractivity contribution in [3.05, 3.63) is 47.3 Å². The lowest BCUT2D eigenvalue weighted by molar-refractivity contribution is 0.0691. The van der Waals surface area contributed by atoms with Crippen LogP contribution < -0.4 is 4.90 Å². The number of pyridine rings is 1. The summed E-state index contributed by atoms with van der Waals surface area (Å²) in [5.74, 6) is -0.852. The molecule has 4 rings (SSSR count). The van der Waals surface area contributed by atoms with Gasteiger partial charge in [0, 0.05) is 13.1 Å². The number of hydrogen-bond donors (Lipinski definition) is 1. The lowest BCUT2D eigenvalue weighted by atomic mass is 9.97. The number of anilines is 1. The van der Waals surface area contributed by atoms with Gasteiger partial charge in [-0.15, -0.1) is 0 Å². The van der Waals surface area contributed by atoms with Gasteiger partial charge in [0.2, 0.25) is 0 Å². The molecule has 1 aromatic carbocycles. The molecule has 1 N–H and O–H groups in total. The molecule has 30 heavy (non-hydrogen) atoms. The molecule has 6 nitrogen and oxygen atoms in total. The molecule has 1 aliphatic rings. The van der Waals surface area contributed by atoms with Crippen molar-refractivity contribution in [3.63, 3.8) is 0 Å². The Morgan fingerprint density at radius 2 is 2.00 bits per heavy atom. The van der Waals surface area contributed by atoms with Crippen LogP contribution in [0.1, 0.15) is 54.4 Å². The van der Waals surface area contributed by atoms with Gasteiger partial charge in [0.25, 0.3) is 0 Å². The third-order valence-electron chi connectivity index (χ3n) is 5.83. The van der Waals surface area contributed by atoms with E-state index in [1.807, 2.05) is 31.2 Å². The number of halogens is 1. The number of piperidine rings is 1. The van der Waals surface area contributed by atoms with Crippen LogP contribution in [0, 0.1) is 12.8 Å². The van der Waals surface area contributed by atoms with Crippen LogP contribution in [-0.2, 0) is 0 Å². The zero-order valence-electron chi connectivity index (χ0n) is 17.6. The van der Waals surface area contributed by atoms with E-state index in [1.54, 1.807) is 10.7 Å². The first-order valence-electron chi connectivity index (χ1n) is 10.4. The molecule has 158 valence electrons. The first kappa shape index (κ1) is 20.3. The van der Waals surface area contributed by atoms with Crippen molar-refractivity contribution in [2.24, 2.45) is 5.92 Å². The predicted octanol–water partition coefficient (Wildman–Crippen LogP) is 4.74. The smallest absolute Gasteiger partial charge is 0.354 e. The number of fused-ring (bicyclic) bond motifs is 1. The minimum atomic E-state index is -1.07. The minimum absolute atomic E-state index is 0.00535. The van der Waals surface area contributed by atoms with Crippen LogP contribution in [0.5, 0.6) is 0 Å². The molecule has 7 heteroatoms. The van der Waals surface area contributed by atoms with E-state index >= 15 is 0 Å². The van der Waals surface area contributed by atoms with E-state index in [-0.39, 0.29) is 24.2 Å². The van der Waals surface area contributed by atoms with E-state index in [1.165, 1.54) is 0 Å². The number of carboxylic acids is 1. The molecule has 0 atom stereocenters. The summed E-state index contributed by atoms with van der Waals surface area (Å²) in [6, 6.07) is 9.57. The maximum absolute atomic E-state index is 13.1. The van der Waals surface area contributed by atoms with Gasteiger partial charge >= 0.3 is 5.97 Å². The molecule has 1 fully saturated rings. The lowest BCUT2D eigenvalue weighted by Gasteiger charge is -2.33. The van der Waals surface area contributed by atoms with Gasteiger partial charge in [-0.1, -0.05) is 26.0 Å². The zero-order valence-corrected chi connectivity index (χ0v) is 17.6. The summed E-state index contributed by atoms with van der Waals surface area (Å²) in [6.07, 6.45) is 1.51. The van der Waals surface area contributed by atoms with Crippen LogP contribution >= 0.6 is 0 Å². The summed E-state index contributed by atoms with van der Waals surface area (Å²) in [4.78, 5) is 18.5. The number of alkyl halides is 1. The van der Waals surface area contributed by atoms with E-state index in [9.17, 15) is 14.3 Å². The Balaban J connectivity index is 1.96. The Hall–Kier alpha value is -2.96. The van der Waals surface area contributed by atoms with Crippen molar-refractivity contribution in [2.75, 3.05) is 24.7 Å². The first-order valence-corrected chi connectivity index (χ1v) is 10.4. The number of hydrogen-bond acceptors (Lipinski definition) is 4. The molecule has 3 heterocycles. The quantitative estimate of drug-likeness (QED) is 0.658. The largest absolute Gasteiger partial charge is 0.477 e. The summed E-state index contributed by atoms with van der Waals surface area (Å²) in [5, 5.41) is 15.5. The molecular formula is C23H27FN4O2. The molecule has 0 saturated carbocycles. The maximum Gasteiger partial charge on any atom is 0.354 e. The van der Waals surface area contributed by atoms with Gasteiger partial charge in [-0.2, -0.15) is 5.10 Å². The van der Waals surface area contributed by atoms with Crippen molar-refractivity contribution in [1.82, 2.24) is 14.8 Å². The fraction of sp³-hybridized carbons (Fsp3) is 0.435. The number of nitrogens with zero attached hydrogens (tertiary/aromatic N) is 4. The Kier molecular flexibility index (Phi) is 5.45.